The quantitative estimate of drug-likeness (QED) is 0.0139. The highest BCUT2D eigenvalue weighted by molar-refractivity contribution is 7.22. The van der Waals surface area contributed by atoms with Crippen LogP contribution in [0.2, 0.25) is 0 Å². The molecule has 13 rings (SSSR count). The van der Waals surface area contributed by atoms with Gasteiger partial charge in [0.15, 0.2) is 22.5 Å². The Kier molecular flexibility index (Phi) is 20.5. The van der Waals surface area contributed by atoms with Crippen molar-refractivity contribution in [1.82, 2.24) is 55.7 Å². The molecule has 3 aliphatic heterocycles. The number of rotatable bonds is 29. The number of aromatic nitrogens is 6. The van der Waals surface area contributed by atoms with E-state index in [1.165, 1.54) is 18.6 Å². The largest absolute Gasteiger partial charge is 0.476 e. The topological polar surface area (TPSA) is 323 Å². The van der Waals surface area contributed by atoms with Crippen LogP contribution in [0, 0.1) is 37.0 Å². The number of piperazine rings is 1. The molecule has 26 nitrogen and oxygen atoms in total. The first-order chi connectivity index (χ1) is 46.6. The van der Waals surface area contributed by atoms with E-state index < -0.39 is 53.6 Å². The monoisotopic (exact) mass is 1350 g/mol. The average molecular weight is 1350 g/mol. The number of urea groups is 1. The highest BCUT2D eigenvalue weighted by atomic mass is 32.1. The zero-order chi connectivity index (χ0) is 68.2. The van der Waals surface area contributed by atoms with Crippen LogP contribution in [-0.4, -0.2) is 188 Å². The van der Waals surface area contributed by atoms with E-state index in [0.717, 1.165) is 143 Å². The fourth-order valence-electron chi connectivity index (χ4n) is 15.9. The lowest BCUT2D eigenvalue weighted by molar-refractivity contribution is -0.926. The number of nitrogens with zero attached hydrogens (tertiary/aromatic N) is 10. The molecule has 4 aliphatic carbocycles. The van der Waals surface area contributed by atoms with E-state index in [9.17, 15) is 38.7 Å². The van der Waals surface area contributed by atoms with Crippen LogP contribution in [0.15, 0.2) is 79.0 Å². The van der Waals surface area contributed by atoms with E-state index in [1.54, 1.807) is 25.2 Å². The Labute approximate surface area is 568 Å². The number of thiazole rings is 1. The van der Waals surface area contributed by atoms with Gasteiger partial charge < -0.3 is 56.3 Å². The maximum atomic E-state index is 13.9. The minimum absolute atomic E-state index is 0.00261. The zero-order valence-electron chi connectivity index (χ0n) is 55.9. The number of likely N-dealkylation sites (N-methyl/N-ethyl adjacent to an activating group) is 1. The number of hydrogen-bond donors (Lipinski definition) is 7. The first-order valence-electron chi connectivity index (χ1n) is 34.0. The molecule has 2 aromatic carbocycles. The fourth-order valence-corrected chi connectivity index (χ4v) is 16.7. The normalized spacial score (nSPS) is 21.6. The maximum absolute atomic E-state index is 13.9. The van der Waals surface area contributed by atoms with Crippen LogP contribution in [0.25, 0.3) is 21.3 Å². The zero-order valence-corrected chi connectivity index (χ0v) is 56.8. The number of ether oxygens (including phenoxy) is 2. The van der Waals surface area contributed by atoms with Gasteiger partial charge in [-0.05, 0) is 138 Å². The molecule has 7 amide bonds. The number of amides is 7. The Morgan fingerprint density at radius 2 is 1.61 bits per heavy atom. The maximum Gasteiger partial charge on any atom is 0.355 e. The Bertz CT molecular complexity index is 3910. The lowest BCUT2D eigenvalue weighted by atomic mass is 9.48. The van der Waals surface area contributed by atoms with Crippen molar-refractivity contribution in [2.75, 3.05) is 94.8 Å². The van der Waals surface area contributed by atoms with Crippen molar-refractivity contribution in [3.63, 3.8) is 0 Å². The molecule has 4 bridgehead atoms. The van der Waals surface area contributed by atoms with E-state index in [1.807, 2.05) is 85.6 Å². The van der Waals surface area contributed by atoms with Crippen molar-refractivity contribution in [3.8, 4) is 11.1 Å². The van der Waals surface area contributed by atoms with Crippen LogP contribution in [0.3, 0.4) is 0 Å². The second-order valence-electron chi connectivity index (χ2n) is 28.1. The summed E-state index contributed by atoms with van der Waals surface area (Å²) in [6.45, 7) is 15.4. The third-order valence-corrected chi connectivity index (χ3v) is 21.4. The summed E-state index contributed by atoms with van der Waals surface area (Å²) in [7, 11) is 2.29. The number of benzene rings is 2. The number of quaternary nitrogens is 1. The molecular weight excluding hydrogens is 1260 g/mol. The number of fused-ring (bicyclic) bond motifs is 2. The molecule has 1 saturated heterocycles. The summed E-state index contributed by atoms with van der Waals surface area (Å²) in [5.74, 6) is -0.718. The molecule has 7 aliphatic rings. The lowest BCUT2D eigenvalue weighted by Crippen LogP contribution is -2.59. The van der Waals surface area contributed by atoms with E-state index in [4.69, 9.17) is 35.4 Å². The molecule has 4 atom stereocenters. The van der Waals surface area contributed by atoms with Gasteiger partial charge in [-0.3, -0.25) is 38.5 Å². The van der Waals surface area contributed by atoms with Gasteiger partial charge in [0, 0.05) is 97.0 Å². The molecule has 7 heterocycles. The molecule has 0 radical (unpaired) electrons. The van der Waals surface area contributed by atoms with Gasteiger partial charge in [0.25, 0.3) is 11.8 Å². The van der Waals surface area contributed by atoms with Crippen molar-refractivity contribution in [2.24, 2.45) is 28.9 Å². The minimum atomic E-state index is -1.11. The number of carbonyl (C=O) groups excluding carboxylic acids is 6. The van der Waals surface area contributed by atoms with E-state index in [0.29, 0.717) is 60.1 Å². The number of nitrogens with one attached hydrogen (secondary N) is 5. The number of carbonyl (C=O) groups is 7. The van der Waals surface area contributed by atoms with Crippen molar-refractivity contribution in [2.45, 2.75) is 129 Å². The Morgan fingerprint density at radius 3 is 2.33 bits per heavy atom. The summed E-state index contributed by atoms with van der Waals surface area (Å²) in [6.07, 6.45) is 12.9. The molecular formula is C70H89N16O10S+. The summed E-state index contributed by atoms with van der Waals surface area (Å²) in [4.78, 5) is 104. The Hall–Kier alpha value is -8.76. The Morgan fingerprint density at radius 1 is 0.856 bits per heavy atom. The number of nitrogens with two attached hydrogens (primary N) is 1. The molecule has 514 valence electrons. The second-order valence-corrected chi connectivity index (χ2v) is 29.1. The predicted molar refractivity (Wildman–Crippen MR) is 366 cm³/mol. The number of carboxylic acids is 1. The minimum Gasteiger partial charge on any atom is -0.476 e. The number of imide groups is 1. The summed E-state index contributed by atoms with van der Waals surface area (Å²) >= 11 is 1.56. The van der Waals surface area contributed by atoms with E-state index in [-0.39, 0.29) is 61.8 Å². The molecule has 27 heteroatoms. The van der Waals surface area contributed by atoms with Crippen LogP contribution in [-0.2, 0) is 53.0 Å². The number of carboxylic acid groups (broad SMARTS) is 1. The number of para-hydroxylation sites is 1. The van der Waals surface area contributed by atoms with Gasteiger partial charge in [-0.15, -0.1) is 10.2 Å². The first kappa shape index (κ1) is 68.2. The third-order valence-electron chi connectivity index (χ3n) is 20.5. The van der Waals surface area contributed by atoms with Crippen molar-refractivity contribution < 1.29 is 52.6 Å². The number of anilines is 5. The number of hydrogen-bond acceptors (Lipinski definition) is 18. The molecule has 4 aromatic heterocycles. The summed E-state index contributed by atoms with van der Waals surface area (Å²) in [5, 5.41) is 40.2. The SMILES string of the molecule is Cc1c(Nc2nc3ccccc3s2)nnc2c1CCCN2c1ccc(-c2cnn(CC34CC5CC(C3)CC(OCCN3CC[N+](C)(Cc6ccc(NC(=O)[C@H](CCCNC(N)=O)NC(=O)[C@@H](NC(=O)CCOCCN7C(=O)C=CC7=O)C(C)C)cc6)CC3)(C5)C4)c2C)c(C(=O)O)n1. The molecule has 97 heavy (non-hydrogen) atoms. The smallest absolute Gasteiger partial charge is 0.355 e. The van der Waals surface area contributed by atoms with Crippen molar-refractivity contribution in [3.05, 3.63) is 107 Å². The van der Waals surface area contributed by atoms with Gasteiger partial charge >= 0.3 is 12.0 Å². The summed E-state index contributed by atoms with van der Waals surface area (Å²) in [6, 6.07) is 16.8. The van der Waals surface area contributed by atoms with Crippen LogP contribution >= 0.6 is 11.3 Å². The van der Waals surface area contributed by atoms with Gasteiger partial charge in [-0.1, -0.05) is 49.4 Å². The number of pyridine rings is 1. The van der Waals surface area contributed by atoms with Crippen LogP contribution < -0.4 is 37.2 Å². The van der Waals surface area contributed by atoms with Gasteiger partial charge in [-0.25, -0.2) is 19.6 Å². The van der Waals surface area contributed by atoms with Gasteiger partial charge in [0.1, 0.15) is 24.4 Å². The molecule has 4 saturated carbocycles. The molecule has 6 aromatic rings. The predicted octanol–water partition coefficient (Wildman–Crippen LogP) is 7.15. The van der Waals surface area contributed by atoms with Gasteiger partial charge in [0.2, 0.25) is 17.7 Å². The van der Waals surface area contributed by atoms with Crippen LogP contribution in [0.4, 0.5) is 33.1 Å². The molecule has 2 unspecified atom stereocenters. The summed E-state index contributed by atoms with van der Waals surface area (Å²) < 4.78 is 16.7. The third kappa shape index (κ3) is 15.8. The lowest BCUT2D eigenvalue weighted by Gasteiger charge is -2.61. The van der Waals surface area contributed by atoms with E-state index in [2.05, 4.69) is 48.3 Å². The summed E-state index contributed by atoms with van der Waals surface area (Å²) in [5.41, 5.74) is 11.9. The van der Waals surface area contributed by atoms with Gasteiger partial charge in [-0.2, -0.15) is 5.10 Å². The molecule has 0 spiro atoms. The standard InChI is InChI=1S/C70H88N16O10S/c1-43(2)60(78-57(87)22-31-95-32-28-84-58(88)20-21-59(84)89)65(91)75-54(12-8-23-72-67(71)94)64(90)74-49-16-14-46(15-17-49)40-86(5)29-25-82(26-30-86)27-33-96-70-37-47-34-48(38-70)36-69(35-47,41-70)42-85-45(4)52(39-73-85)51-18-19-56(77-61(51)66(92)93)83-24-9-10-50-44(3)62(80-81-63(50)83)79-68-76-53-11-6-7-13-55(53)97-68/h6-7,11,13-21,39,43,47-48,54,60H,8-10,12,22-38,40-42H2,1-5H3,(H7-,71,72,74,75,76,78,79,80,87,90,91,92,93,94)/p+1/t47?,48?,54-,60-,69?,70?/m0/s1. The van der Waals surface area contributed by atoms with Crippen molar-refractivity contribution in [1.29, 1.82) is 0 Å². The second kappa shape index (κ2) is 29.1. The van der Waals surface area contributed by atoms with Crippen LogP contribution in [0.5, 0.6) is 0 Å². The van der Waals surface area contributed by atoms with Gasteiger partial charge in [0.05, 0.1) is 68.5 Å². The highest BCUT2D eigenvalue weighted by Gasteiger charge is 2.58. The fraction of sp³-hybridized carbons (Fsp3) is 0.514. The van der Waals surface area contributed by atoms with Crippen LogP contribution in [0.1, 0.15) is 111 Å². The Balaban J connectivity index is 0.611. The average Bonchev–Trinajstić information content (AvgIpc) is 1.31. The van der Waals surface area contributed by atoms with E-state index >= 15 is 0 Å². The molecule has 8 N–H and O–H groups in total. The van der Waals surface area contributed by atoms with Crippen molar-refractivity contribution >= 4 is 91.4 Å². The highest BCUT2D eigenvalue weighted by Crippen LogP contribution is 2.63. The first-order valence-corrected chi connectivity index (χ1v) is 34.8. The number of aromatic carboxylic acids is 1. The molecule has 5 fully saturated rings. The number of primary amides is 1.